The number of methoxy groups -OCH3 is 1. The predicted octanol–water partition coefficient (Wildman–Crippen LogP) is 2.55. The zero-order valence-electron chi connectivity index (χ0n) is 9.95. The summed E-state index contributed by atoms with van der Waals surface area (Å²) >= 11 is 0. The molecule has 1 fully saturated rings. The van der Waals surface area contributed by atoms with Crippen LogP contribution in [0.15, 0.2) is 18.2 Å². The van der Waals surface area contributed by atoms with E-state index in [2.05, 4.69) is 5.32 Å². The fraction of sp³-hybridized carbons (Fsp3) is 0.538. The summed E-state index contributed by atoms with van der Waals surface area (Å²) in [5.41, 5.74) is 0.689. The molecule has 0 bridgehead atoms. The van der Waals surface area contributed by atoms with Crippen LogP contribution in [0.3, 0.4) is 0 Å². The Balaban J connectivity index is 2.05. The molecule has 0 heterocycles. The smallest absolute Gasteiger partial charge is 0.167 e. The fourth-order valence-electron chi connectivity index (χ4n) is 2.25. The minimum atomic E-state index is -0.386. The summed E-state index contributed by atoms with van der Waals surface area (Å²) in [5, 5.41) is 13.0. The van der Waals surface area contributed by atoms with E-state index in [0.29, 0.717) is 5.69 Å². The van der Waals surface area contributed by atoms with Crippen molar-refractivity contribution >= 4 is 5.69 Å². The maximum atomic E-state index is 13.5. The van der Waals surface area contributed by atoms with Gasteiger partial charge in [0, 0.05) is 11.8 Å². The van der Waals surface area contributed by atoms with E-state index in [0.717, 1.165) is 25.7 Å². The summed E-state index contributed by atoms with van der Waals surface area (Å²) in [4.78, 5) is 0. The van der Waals surface area contributed by atoms with Crippen molar-refractivity contribution in [1.29, 1.82) is 0 Å². The van der Waals surface area contributed by atoms with Gasteiger partial charge in [-0.3, -0.25) is 0 Å². The average Bonchev–Trinajstić information content (AvgIpc) is 2.32. The van der Waals surface area contributed by atoms with Gasteiger partial charge >= 0.3 is 0 Å². The van der Waals surface area contributed by atoms with Gasteiger partial charge < -0.3 is 15.2 Å². The highest BCUT2D eigenvalue weighted by molar-refractivity contribution is 5.48. The molecule has 1 saturated carbocycles. The number of rotatable bonds is 3. The van der Waals surface area contributed by atoms with Gasteiger partial charge in [0.1, 0.15) is 0 Å². The third-order valence-corrected chi connectivity index (χ3v) is 3.23. The van der Waals surface area contributed by atoms with Gasteiger partial charge in [-0.15, -0.1) is 0 Å². The molecule has 0 aromatic heterocycles. The van der Waals surface area contributed by atoms with Crippen molar-refractivity contribution in [3.05, 3.63) is 24.0 Å². The van der Waals surface area contributed by atoms with E-state index in [4.69, 9.17) is 4.74 Å². The number of aliphatic hydroxyl groups excluding tert-OH is 1. The lowest BCUT2D eigenvalue weighted by atomic mass is 9.92. The molecule has 1 aliphatic rings. The minimum absolute atomic E-state index is 0.0246. The Bertz CT molecular complexity index is 384. The molecule has 1 aromatic carbocycles. The van der Waals surface area contributed by atoms with Gasteiger partial charge in [-0.25, -0.2) is 4.39 Å². The maximum absolute atomic E-state index is 13.5. The minimum Gasteiger partial charge on any atom is -0.494 e. The molecule has 0 aliphatic heterocycles. The Morgan fingerprint density at radius 2 is 2.12 bits per heavy atom. The van der Waals surface area contributed by atoms with Crippen LogP contribution in [0.1, 0.15) is 25.7 Å². The standard InChI is InChI=1S/C13H18FNO2/c1-17-13-7-6-9(8-10(13)14)15-11-4-2-3-5-12(11)16/h6-8,11-12,15-16H,2-5H2,1H3/t11-,12-/m1/s1. The van der Waals surface area contributed by atoms with Gasteiger partial charge in [-0.2, -0.15) is 0 Å². The zero-order chi connectivity index (χ0) is 12.3. The molecule has 94 valence electrons. The molecule has 1 aromatic rings. The molecule has 0 unspecified atom stereocenters. The number of hydrogen-bond donors (Lipinski definition) is 2. The molecule has 0 spiro atoms. The number of hydrogen-bond acceptors (Lipinski definition) is 3. The van der Waals surface area contributed by atoms with E-state index in [9.17, 15) is 9.50 Å². The highest BCUT2D eigenvalue weighted by Gasteiger charge is 2.22. The van der Waals surface area contributed by atoms with E-state index < -0.39 is 0 Å². The Morgan fingerprint density at radius 3 is 2.76 bits per heavy atom. The van der Waals surface area contributed by atoms with Crippen LogP contribution in [-0.4, -0.2) is 24.4 Å². The van der Waals surface area contributed by atoms with Gasteiger partial charge in [-0.1, -0.05) is 12.8 Å². The predicted molar refractivity (Wildman–Crippen MR) is 64.8 cm³/mol. The molecular formula is C13H18FNO2. The third-order valence-electron chi connectivity index (χ3n) is 3.23. The number of nitrogens with one attached hydrogen (secondary N) is 1. The first-order chi connectivity index (χ1) is 8.20. The molecule has 2 rings (SSSR count). The van der Waals surface area contributed by atoms with E-state index in [1.165, 1.54) is 13.2 Å². The lowest BCUT2D eigenvalue weighted by molar-refractivity contribution is 0.116. The highest BCUT2D eigenvalue weighted by atomic mass is 19.1. The molecule has 2 N–H and O–H groups in total. The Kier molecular flexibility index (Phi) is 3.84. The quantitative estimate of drug-likeness (QED) is 0.851. The second-order valence-electron chi connectivity index (χ2n) is 4.45. The van der Waals surface area contributed by atoms with E-state index in [1.54, 1.807) is 12.1 Å². The Labute approximate surface area is 101 Å². The number of benzene rings is 1. The van der Waals surface area contributed by atoms with Crippen LogP contribution in [-0.2, 0) is 0 Å². The van der Waals surface area contributed by atoms with Gasteiger partial charge in [-0.05, 0) is 25.0 Å². The Hall–Kier alpha value is -1.29. The molecule has 0 saturated heterocycles. The lowest BCUT2D eigenvalue weighted by Crippen LogP contribution is -2.36. The third kappa shape index (κ3) is 2.88. The first kappa shape index (κ1) is 12.2. The molecule has 3 nitrogen and oxygen atoms in total. The Morgan fingerprint density at radius 1 is 1.35 bits per heavy atom. The van der Waals surface area contributed by atoms with E-state index in [1.807, 2.05) is 0 Å². The van der Waals surface area contributed by atoms with Crippen LogP contribution in [0, 0.1) is 5.82 Å². The topological polar surface area (TPSA) is 41.5 Å². The van der Waals surface area contributed by atoms with Gasteiger partial charge in [0.05, 0.1) is 19.3 Å². The average molecular weight is 239 g/mol. The second kappa shape index (κ2) is 5.36. The van der Waals surface area contributed by atoms with Gasteiger partial charge in [0.15, 0.2) is 11.6 Å². The van der Waals surface area contributed by atoms with Gasteiger partial charge in [0.2, 0.25) is 0 Å². The first-order valence-electron chi connectivity index (χ1n) is 5.99. The van der Waals surface area contributed by atoms with Crippen molar-refractivity contribution in [3.63, 3.8) is 0 Å². The van der Waals surface area contributed by atoms with Crippen molar-refractivity contribution < 1.29 is 14.2 Å². The highest BCUT2D eigenvalue weighted by Crippen LogP contribution is 2.25. The van der Waals surface area contributed by atoms with Crippen LogP contribution in [0.2, 0.25) is 0 Å². The number of ether oxygens (including phenoxy) is 1. The molecule has 2 atom stereocenters. The summed E-state index contributed by atoms with van der Waals surface area (Å²) in [6.45, 7) is 0. The summed E-state index contributed by atoms with van der Waals surface area (Å²) in [5.74, 6) is -0.150. The SMILES string of the molecule is COc1ccc(N[C@@H]2CCCC[C@H]2O)cc1F. The van der Waals surface area contributed by atoms with Crippen LogP contribution in [0.25, 0.3) is 0 Å². The summed E-state index contributed by atoms with van der Waals surface area (Å²) < 4.78 is 18.3. The summed E-state index contributed by atoms with van der Waals surface area (Å²) in [6, 6.07) is 4.78. The number of anilines is 1. The van der Waals surface area contributed by atoms with Crippen LogP contribution in [0.4, 0.5) is 10.1 Å². The van der Waals surface area contributed by atoms with Crippen LogP contribution in [0.5, 0.6) is 5.75 Å². The van der Waals surface area contributed by atoms with Crippen molar-refractivity contribution in [2.75, 3.05) is 12.4 Å². The van der Waals surface area contributed by atoms with Crippen molar-refractivity contribution in [2.45, 2.75) is 37.8 Å². The molecule has 4 heteroatoms. The maximum Gasteiger partial charge on any atom is 0.167 e. The molecule has 17 heavy (non-hydrogen) atoms. The normalized spacial score (nSPS) is 24.4. The molecule has 0 radical (unpaired) electrons. The zero-order valence-corrected chi connectivity index (χ0v) is 9.95. The van der Waals surface area contributed by atoms with E-state index in [-0.39, 0.29) is 23.7 Å². The van der Waals surface area contributed by atoms with Crippen molar-refractivity contribution in [1.82, 2.24) is 0 Å². The number of aliphatic hydroxyl groups is 1. The number of halogens is 1. The summed E-state index contributed by atoms with van der Waals surface area (Å²) in [6.07, 6.45) is 3.57. The van der Waals surface area contributed by atoms with E-state index >= 15 is 0 Å². The molecule has 1 aliphatic carbocycles. The van der Waals surface area contributed by atoms with Crippen molar-refractivity contribution in [2.24, 2.45) is 0 Å². The van der Waals surface area contributed by atoms with Gasteiger partial charge in [0.25, 0.3) is 0 Å². The fourth-order valence-corrected chi connectivity index (χ4v) is 2.25. The van der Waals surface area contributed by atoms with Crippen molar-refractivity contribution in [3.8, 4) is 5.75 Å². The second-order valence-corrected chi connectivity index (χ2v) is 4.45. The lowest BCUT2D eigenvalue weighted by Gasteiger charge is -2.29. The van der Waals surface area contributed by atoms with Crippen LogP contribution >= 0.6 is 0 Å². The largest absolute Gasteiger partial charge is 0.494 e. The van der Waals surface area contributed by atoms with Crippen LogP contribution < -0.4 is 10.1 Å². The molecular weight excluding hydrogens is 221 g/mol. The summed E-state index contributed by atoms with van der Waals surface area (Å²) in [7, 11) is 1.44. The monoisotopic (exact) mass is 239 g/mol. The molecule has 0 amide bonds. The first-order valence-corrected chi connectivity index (χ1v) is 5.99.